The van der Waals surface area contributed by atoms with Crippen LogP contribution in [0.1, 0.15) is 32.6 Å². The minimum atomic E-state index is -0.409. The molecule has 0 heterocycles. The summed E-state index contributed by atoms with van der Waals surface area (Å²) < 4.78 is 4.64. The molecule has 1 rings (SSSR count). The van der Waals surface area contributed by atoms with E-state index in [2.05, 4.69) is 11.7 Å². The van der Waals surface area contributed by atoms with Crippen LogP contribution >= 0.6 is 0 Å². The van der Waals surface area contributed by atoms with Crippen molar-refractivity contribution in [3.05, 3.63) is 0 Å². The van der Waals surface area contributed by atoms with Gasteiger partial charge in [-0.1, -0.05) is 19.8 Å². The molecule has 1 saturated carbocycles. The molecule has 0 bridgehead atoms. The van der Waals surface area contributed by atoms with E-state index < -0.39 is 6.04 Å². The molecule has 0 amide bonds. The van der Waals surface area contributed by atoms with Crippen molar-refractivity contribution in [1.82, 2.24) is 0 Å². The van der Waals surface area contributed by atoms with E-state index >= 15 is 0 Å². The third-order valence-corrected chi connectivity index (χ3v) is 2.96. The van der Waals surface area contributed by atoms with Gasteiger partial charge in [-0.25, -0.2) is 0 Å². The van der Waals surface area contributed by atoms with Gasteiger partial charge in [0, 0.05) is 0 Å². The molecule has 0 radical (unpaired) electrons. The van der Waals surface area contributed by atoms with Crippen LogP contribution in [0.3, 0.4) is 0 Å². The van der Waals surface area contributed by atoms with Crippen molar-refractivity contribution < 1.29 is 9.53 Å². The van der Waals surface area contributed by atoms with Gasteiger partial charge < -0.3 is 10.5 Å². The van der Waals surface area contributed by atoms with Crippen LogP contribution in [-0.4, -0.2) is 19.1 Å². The highest BCUT2D eigenvalue weighted by molar-refractivity contribution is 5.75. The van der Waals surface area contributed by atoms with Crippen LogP contribution in [0.2, 0.25) is 0 Å². The zero-order chi connectivity index (χ0) is 9.84. The monoisotopic (exact) mass is 185 g/mol. The molecule has 3 heteroatoms. The summed E-state index contributed by atoms with van der Waals surface area (Å²) in [5.74, 6) is 0.768. The summed E-state index contributed by atoms with van der Waals surface area (Å²) in [5.41, 5.74) is 5.79. The molecule has 0 aliphatic heterocycles. The Morgan fingerprint density at radius 3 is 2.77 bits per heavy atom. The molecule has 1 aliphatic carbocycles. The molecular formula is C10H19NO2. The van der Waals surface area contributed by atoms with Crippen molar-refractivity contribution in [2.75, 3.05) is 7.11 Å². The van der Waals surface area contributed by atoms with Gasteiger partial charge in [-0.05, 0) is 24.7 Å². The Kier molecular flexibility index (Phi) is 3.72. The molecule has 3 nitrogen and oxygen atoms in total. The Morgan fingerprint density at radius 2 is 2.23 bits per heavy atom. The van der Waals surface area contributed by atoms with E-state index in [4.69, 9.17) is 5.73 Å². The quantitative estimate of drug-likeness (QED) is 0.660. The number of rotatable bonds is 2. The van der Waals surface area contributed by atoms with Gasteiger partial charge in [-0.2, -0.15) is 0 Å². The Labute approximate surface area is 79.6 Å². The molecule has 3 unspecified atom stereocenters. The van der Waals surface area contributed by atoms with Gasteiger partial charge in [0.05, 0.1) is 7.11 Å². The Balaban J connectivity index is 2.45. The molecule has 13 heavy (non-hydrogen) atoms. The summed E-state index contributed by atoms with van der Waals surface area (Å²) in [6.45, 7) is 2.22. The molecule has 1 fully saturated rings. The van der Waals surface area contributed by atoms with E-state index in [9.17, 15) is 4.79 Å². The fourth-order valence-electron chi connectivity index (χ4n) is 2.14. The first-order chi connectivity index (χ1) is 6.15. The third kappa shape index (κ3) is 2.69. The number of methoxy groups -OCH3 is 1. The zero-order valence-electron chi connectivity index (χ0n) is 8.45. The molecule has 0 aromatic rings. The van der Waals surface area contributed by atoms with Crippen LogP contribution in [0.25, 0.3) is 0 Å². The lowest BCUT2D eigenvalue weighted by Crippen LogP contribution is -2.40. The highest BCUT2D eigenvalue weighted by atomic mass is 16.5. The lowest BCUT2D eigenvalue weighted by Gasteiger charge is -2.29. The topological polar surface area (TPSA) is 52.3 Å². The maximum Gasteiger partial charge on any atom is 0.322 e. The fraction of sp³-hybridized carbons (Fsp3) is 0.900. The first-order valence-electron chi connectivity index (χ1n) is 4.98. The number of carbonyl (C=O) groups is 1. The lowest BCUT2D eigenvalue weighted by molar-refractivity contribution is -0.144. The second-order valence-corrected chi connectivity index (χ2v) is 4.08. The Morgan fingerprint density at radius 1 is 1.54 bits per heavy atom. The lowest BCUT2D eigenvalue weighted by atomic mass is 9.79. The molecule has 0 spiro atoms. The summed E-state index contributed by atoms with van der Waals surface area (Å²) >= 11 is 0. The minimum Gasteiger partial charge on any atom is -0.468 e. The van der Waals surface area contributed by atoms with Crippen LogP contribution in [0.5, 0.6) is 0 Å². The normalized spacial score (nSPS) is 31.0. The minimum absolute atomic E-state index is 0.265. The van der Waals surface area contributed by atoms with Gasteiger partial charge in [0.15, 0.2) is 0 Å². The molecule has 3 atom stereocenters. The van der Waals surface area contributed by atoms with Crippen LogP contribution in [0.4, 0.5) is 0 Å². The van der Waals surface area contributed by atoms with Crippen molar-refractivity contribution in [1.29, 1.82) is 0 Å². The number of esters is 1. The summed E-state index contributed by atoms with van der Waals surface area (Å²) in [6, 6.07) is -0.409. The van der Waals surface area contributed by atoms with Gasteiger partial charge in [-0.3, -0.25) is 4.79 Å². The van der Waals surface area contributed by atoms with E-state index in [-0.39, 0.29) is 5.97 Å². The zero-order valence-corrected chi connectivity index (χ0v) is 8.45. The molecule has 1 aliphatic rings. The summed E-state index contributed by atoms with van der Waals surface area (Å²) in [4.78, 5) is 11.2. The molecule has 0 saturated heterocycles. The van der Waals surface area contributed by atoms with Crippen LogP contribution < -0.4 is 5.73 Å². The average molecular weight is 185 g/mol. The fourth-order valence-corrected chi connectivity index (χ4v) is 2.14. The van der Waals surface area contributed by atoms with E-state index in [1.54, 1.807) is 0 Å². The highest BCUT2D eigenvalue weighted by Gasteiger charge is 2.29. The van der Waals surface area contributed by atoms with E-state index in [1.807, 2.05) is 0 Å². The van der Waals surface area contributed by atoms with Gasteiger partial charge in [0.1, 0.15) is 6.04 Å². The summed E-state index contributed by atoms with van der Waals surface area (Å²) in [6.07, 6.45) is 4.60. The molecule has 76 valence electrons. The predicted octanol–water partition coefficient (Wildman–Crippen LogP) is 1.31. The number of nitrogens with two attached hydrogens (primary N) is 1. The Hall–Kier alpha value is -0.570. The second-order valence-electron chi connectivity index (χ2n) is 4.08. The standard InChI is InChI=1S/C10H19NO2/c1-7-4-3-5-8(6-7)9(11)10(12)13-2/h7-9H,3-6,11H2,1-2H3. The van der Waals surface area contributed by atoms with Crippen LogP contribution in [-0.2, 0) is 9.53 Å². The highest BCUT2D eigenvalue weighted by Crippen LogP contribution is 2.30. The van der Waals surface area contributed by atoms with Gasteiger partial charge >= 0.3 is 5.97 Å². The summed E-state index contributed by atoms with van der Waals surface area (Å²) in [5, 5.41) is 0. The first kappa shape index (κ1) is 10.5. The number of hydrogen-bond acceptors (Lipinski definition) is 3. The van der Waals surface area contributed by atoms with Crippen molar-refractivity contribution in [3.8, 4) is 0 Å². The maximum atomic E-state index is 11.2. The van der Waals surface area contributed by atoms with Crippen molar-refractivity contribution in [3.63, 3.8) is 0 Å². The molecule has 2 N–H and O–H groups in total. The molecule has 0 aromatic heterocycles. The van der Waals surface area contributed by atoms with E-state index in [0.717, 1.165) is 12.8 Å². The predicted molar refractivity (Wildman–Crippen MR) is 51.1 cm³/mol. The third-order valence-electron chi connectivity index (χ3n) is 2.96. The second kappa shape index (κ2) is 4.61. The van der Waals surface area contributed by atoms with Crippen LogP contribution in [0.15, 0.2) is 0 Å². The number of carbonyl (C=O) groups excluding carboxylic acids is 1. The Bertz CT molecular complexity index is 182. The summed E-state index contributed by atoms with van der Waals surface area (Å²) in [7, 11) is 1.40. The average Bonchev–Trinajstić information content (AvgIpc) is 2.15. The first-order valence-corrected chi connectivity index (χ1v) is 4.98. The number of ether oxygens (including phenoxy) is 1. The smallest absolute Gasteiger partial charge is 0.322 e. The molecule has 0 aromatic carbocycles. The molecular weight excluding hydrogens is 166 g/mol. The van der Waals surface area contributed by atoms with E-state index in [1.165, 1.54) is 20.0 Å². The van der Waals surface area contributed by atoms with Gasteiger partial charge in [0.2, 0.25) is 0 Å². The largest absolute Gasteiger partial charge is 0.468 e. The number of hydrogen-bond donors (Lipinski definition) is 1. The van der Waals surface area contributed by atoms with Crippen molar-refractivity contribution in [2.45, 2.75) is 38.6 Å². The maximum absolute atomic E-state index is 11.2. The van der Waals surface area contributed by atoms with Gasteiger partial charge in [0.25, 0.3) is 0 Å². The SMILES string of the molecule is COC(=O)C(N)C1CCCC(C)C1. The van der Waals surface area contributed by atoms with E-state index in [0.29, 0.717) is 11.8 Å². The van der Waals surface area contributed by atoms with Crippen LogP contribution in [0, 0.1) is 11.8 Å². The van der Waals surface area contributed by atoms with Gasteiger partial charge in [-0.15, -0.1) is 0 Å². The van der Waals surface area contributed by atoms with Crippen molar-refractivity contribution in [2.24, 2.45) is 17.6 Å². The van der Waals surface area contributed by atoms with Crippen molar-refractivity contribution >= 4 is 5.97 Å².